The first kappa shape index (κ1) is 16.5. The average molecular weight is 323 g/mol. The molecular weight excluding hydrogens is 298 g/mol. The Morgan fingerprint density at radius 2 is 1.96 bits per heavy atom. The Kier molecular flexibility index (Phi) is 5.14. The van der Waals surface area contributed by atoms with Crippen LogP contribution < -0.4 is 4.90 Å². The highest BCUT2D eigenvalue weighted by Crippen LogP contribution is 2.24. The van der Waals surface area contributed by atoms with Gasteiger partial charge in [-0.3, -0.25) is 4.79 Å². The van der Waals surface area contributed by atoms with Gasteiger partial charge in [-0.1, -0.05) is 25.1 Å². The van der Waals surface area contributed by atoms with E-state index < -0.39 is 0 Å². The highest BCUT2D eigenvalue weighted by molar-refractivity contribution is 5.92. The van der Waals surface area contributed by atoms with E-state index in [2.05, 4.69) is 28.9 Å². The molecule has 2 heterocycles. The van der Waals surface area contributed by atoms with E-state index in [-0.39, 0.29) is 5.91 Å². The van der Waals surface area contributed by atoms with E-state index in [1.807, 2.05) is 42.3 Å². The molecule has 4 nitrogen and oxygen atoms in total. The van der Waals surface area contributed by atoms with Gasteiger partial charge in [0.25, 0.3) is 5.91 Å². The average Bonchev–Trinajstić information content (AvgIpc) is 2.67. The number of aromatic nitrogens is 1. The van der Waals surface area contributed by atoms with Crippen LogP contribution in [0.5, 0.6) is 0 Å². The number of carbonyl (C=O) groups excluding carboxylic acids is 1. The highest BCUT2D eigenvalue weighted by Gasteiger charge is 2.26. The minimum atomic E-state index is 0.0652. The molecule has 1 atom stereocenters. The first-order chi connectivity index (χ1) is 11.7. The van der Waals surface area contributed by atoms with E-state index in [9.17, 15) is 4.79 Å². The summed E-state index contributed by atoms with van der Waals surface area (Å²) in [6.45, 7) is 3.01. The highest BCUT2D eigenvalue weighted by atomic mass is 16.2. The molecule has 0 radical (unpaired) electrons. The van der Waals surface area contributed by atoms with Gasteiger partial charge in [-0.05, 0) is 49.9 Å². The Hall–Kier alpha value is -2.36. The first-order valence-electron chi connectivity index (χ1n) is 8.76. The summed E-state index contributed by atoms with van der Waals surface area (Å²) in [5.41, 5.74) is 2.62. The standard InChI is InChI=1S/C20H25N3O/c1-3-16-9-7-8-14-23(16)20(24)19-13-12-18(15-21-19)22(2)17-10-5-4-6-11-17/h4-6,10-13,15-16H,3,7-9,14H2,1-2H3. The first-order valence-corrected chi connectivity index (χ1v) is 8.76. The van der Waals surface area contributed by atoms with Gasteiger partial charge in [0.05, 0.1) is 11.9 Å². The van der Waals surface area contributed by atoms with Gasteiger partial charge in [0.2, 0.25) is 0 Å². The van der Waals surface area contributed by atoms with Gasteiger partial charge in [-0.25, -0.2) is 4.98 Å². The Morgan fingerprint density at radius 1 is 1.17 bits per heavy atom. The summed E-state index contributed by atoms with van der Waals surface area (Å²) in [5, 5.41) is 0. The molecule has 0 aliphatic carbocycles. The van der Waals surface area contributed by atoms with Crippen LogP contribution in [0.25, 0.3) is 0 Å². The van der Waals surface area contributed by atoms with Crippen molar-refractivity contribution in [2.45, 2.75) is 38.6 Å². The summed E-state index contributed by atoms with van der Waals surface area (Å²) < 4.78 is 0. The van der Waals surface area contributed by atoms with Gasteiger partial charge in [0, 0.05) is 25.3 Å². The molecule has 126 valence electrons. The number of hydrogen-bond donors (Lipinski definition) is 0. The second-order valence-corrected chi connectivity index (χ2v) is 6.35. The molecule has 3 rings (SSSR count). The maximum atomic E-state index is 12.8. The lowest BCUT2D eigenvalue weighted by Gasteiger charge is -2.35. The van der Waals surface area contributed by atoms with Crippen molar-refractivity contribution in [1.82, 2.24) is 9.88 Å². The van der Waals surface area contributed by atoms with E-state index in [1.165, 1.54) is 6.42 Å². The van der Waals surface area contributed by atoms with Crippen LogP contribution in [-0.2, 0) is 0 Å². The third kappa shape index (κ3) is 3.42. The van der Waals surface area contributed by atoms with E-state index in [4.69, 9.17) is 0 Å². The second-order valence-electron chi connectivity index (χ2n) is 6.35. The van der Waals surface area contributed by atoms with E-state index in [0.717, 1.165) is 37.2 Å². The molecule has 0 saturated carbocycles. The molecule has 0 N–H and O–H groups in total. The van der Waals surface area contributed by atoms with Crippen molar-refractivity contribution in [3.63, 3.8) is 0 Å². The molecule has 24 heavy (non-hydrogen) atoms. The van der Waals surface area contributed by atoms with Crippen molar-refractivity contribution in [2.24, 2.45) is 0 Å². The lowest BCUT2D eigenvalue weighted by Crippen LogP contribution is -2.43. The summed E-state index contributed by atoms with van der Waals surface area (Å²) >= 11 is 0. The van der Waals surface area contributed by atoms with Crippen LogP contribution in [-0.4, -0.2) is 35.4 Å². The van der Waals surface area contributed by atoms with Crippen LogP contribution in [0.4, 0.5) is 11.4 Å². The van der Waals surface area contributed by atoms with Crippen LogP contribution in [0.15, 0.2) is 48.7 Å². The van der Waals surface area contributed by atoms with Gasteiger partial charge < -0.3 is 9.80 Å². The normalized spacial score (nSPS) is 17.6. The number of rotatable bonds is 4. The van der Waals surface area contributed by atoms with Crippen LogP contribution in [0.2, 0.25) is 0 Å². The van der Waals surface area contributed by atoms with Crippen molar-refractivity contribution in [1.29, 1.82) is 0 Å². The molecular formula is C20H25N3O. The minimum absolute atomic E-state index is 0.0652. The van der Waals surface area contributed by atoms with E-state index >= 15 is 0 Å². The third-order valence-corrected chi connectivity index (χ3v) is 4.86. The molecule has 4 heteroatoms. The fourth-order valence-corrected chi connectivity index (χ4v) is 3.35. The summed E-state index contributed by atoms with van der Waals surface area (Å²) in [4.78, 5) is 21.3. The third-order valence-electron chi connectivity index (χ3n) is 4.86. The lowest BCUT2D eigenvalue weighted by atomic mass is 9.99. The van der Waals surface area contributed by atoms with Gasteiger partial charge >= 0.3 is 0 Å². The van der Waals surface area contributed by atoms with Crippen molar-refractivity contribution in [3.05, 3.63) is 54.4 Å². The summed E-state index contributed by atoms with van der Waals surface area (Å²) in [7, 11) is 2.01. The van der Waals surface area contributed by atoms with Gasteiger partial charge in [0.1, 0.15) is 5.69 Å². The molecule has 0 spiro atoms. The van der Waals surface area contributed by atoms with E-state index in [0.29, 0.717) is 11.7 Å². The van der Waals surface area contributed by atoms with Crippen LogP contribution in [0, 0.1) is 0 Å². The monoisotopic (exact) mass is 323 g/mol. The Labute approximate surface area is 144 Å². The number of hydrogen-bond acceptors (Lipinski definition) is 3. The largest absolute Gasteiger partial charge is 0.343 e. The topological polar surface area (TPSA) is 36.4 Å². The number of anilines is 2. The quantitative estimate of drug-likeness (QED) is 0.844. The smallest absolute Gasteiger partial charge is 0.272 e. The number of nitrogens with zero attached hydrogens (tertiary/aromatic N) is 3. The molecule has 0 bridgehead atoms. The number of carbonyl (C=O) groups is 1. The molecule has 1 aromatic carbocycles. The molecule has 1 unspecified atom stereocenters. The van der Waals surface area contributed by atoms with Gasteiger partial charge in [-0.2, -0.15) is 0 Å². The SMILES string of the molecule is CCC1CCCCN1C(=O)c1ccc(N(C)c2ccccc2)cn1. The van der Waals surface area contributed by atoms with Gasteiger partial charge in [0.15, 0.2) is 0 Å². The Balaban J connectivity index is 1.75. The fraction of sp³-hybridized carbons (Fsp3) is 0.400. The Morgan fingerprint density at radius 3 is 2.62 bits per heavy atom. The van der Waals surface area contributed by atoms with Crippen molar-refractivity contribution in [2.75, 3.05) is 18.5 Å². The van der Waals surface area contributed by atoms with Crippen LogP contribution in [0.1, 0.15) is 43.1 Å². The summed E-state index contributed by atoms with van der Waals surface area (Å²) in [5.74, 6) is 0.0652. The summed E-state index contributed by atoms with van der Waals surface area (Å²) in [6.07, 6.45) is 6.22. The van der Waals surface area contributed by atoms with Crippen molar-refractivity contribution >= 4 is 17.3 Å². The second kappa shape index (κ2) is 7.47. The van der Waals surface area contributed by atoms with Crippen molar-refractivity contribution < 1.29 is 4.79 Å². The predicted molar refractivity (Wildman–Crippen MR) is 97.7 cm³/mol. The number of amides is 1. The minimum Gasteiger partial charge on any atom is -0.343 e. The Bertz CT molecular complexity index is 669. The van der Waals surface area contributed by atoms with Crippen LogP contribution in [0.3, 0.4) is 0 Å². The van der Waals surface area contributed by atoms with Gasteiger partial charge in [-0.15, -0.1) is 0 Å². The molecule has 2 aromatic rings. The van der Waals surface area contributed by atoms with Crippen LogP contribution >= 0.6 is 0 Å². The number of benzene rings is 1. The maximum absolute atomic E-state index is 12.8. The van der Waals surface area contributed by atoms with Crippen molar-refractivity contribution in [3.8, 4) is 0 Å². The molecule has 1 saturated heterocycles. The zero-order valence-electron chi connectivity index (χ0n) is 14.5. The fourth-order valence-electron chi connectivity index (χ4n) is 3.35. The molecule has 1 fully saturated rings. The predicted octanol–water partition coefficient (Wildman–Crippen LogP) is 4.25. The van der Waals surface area contributed by atoms with E-state index in [1.54, 1.807) is 6.20 Å². The number of likely N-dealkylation sites (tertiary alicyclic amines) is 1. The molecule has 1 aliphatic heterocycles. The molecule has 1 amide bonds. The molecule has 1 aromatic heterocycles. The zero-order chi connectivity index (χ0) is 16.9. The maximum Gasteiger partial charge on any atom is 0.272 e. The summed E-state index contributed by atoms with van der Waals surface area (Å²) in [6, 6.07) is 14.3. The number of piperidine rings is 1. The number of para-hydroxylation sites is 1. The molecule has 1 aliphatic rings. The zero-order valence-corrected chi connectivity index (χ0v) is 14.5. The number of pyridine rings is 1. The lowest BCUT2D eigenvalue weighted by molar-refractivity contribution is 0.0602.